The number of amides is 1. The Hall–Kier alpha value is -3.84. The predicted octanol–water partition coefficient (Wildman–Crippen LogP) is 3.49. The van der Waals surface area contributed by atoms with Crippen molar-refractivity contribution in [2.75, 3.05) is 6.61 Å². The molecule has 31 heavy (non-hydrogen) atoms. The van der Waals surface area contributed by atoms with Crippen molar-refractivity contribution in [2.24, 2.45) is 5.10 Å². The van der Waals surface area contributed by atoms with Gasteiger partial charge in [0.1, 0.15) is 0 Å². The Balaban J connectivity index is 2.13. The van der Waals surface area contributed by atoms with E-state index in [0.29, 0.717) is 16.8 Å². The second kappa shape index (κ2) is 10.3. The van der Waals surface area contributed by atoms with E-state index in [2.05, 4.69) is 15.5 Å². The molecule has 0 atom stereocenters. The van der Waals surface area contributed by atoms with E-state index in [-0.39, 0.29) is 23.4 Å². The molecule has 158 valence electrons. The molecule has 3 rings (SSSR count). The molecule has 0 radical (unpaired) electrons. The Morgan fingerprint density at radius 1 is 1.06 bits per heavy atom. The summed E-state index contributed by atoms with van der Waals surface area (Å²) in [6, 6.07) is 18.3. The number of aliphatic hydroxyl groups is 1. The second-order valence-electron chi connectivity index (χ2n) is 6.62. The van der Waals surface area contributed by atoms with Gasteiger partial charge in [0.2, 0.25) is 0 Å². The van der Waals surface area contributed by atoms with Gasteiger partial charge in [-0.1, -0.05) is 60.7 Å². The third-order valence-corrected chi connectivity index (χ3v) is 4.55. The molecule has 7 heteroatoms. The summed E-state index contributed by atoms with van der Waals surface area (Å²) in [5.74, 6) is -1.18. The van der Waals surface area contributed by atoms with Gasteiger partial charge in [-0.2, -0.15) is 5.10 Å². The van der Waals surface area contributed by atoms with Crippen LogP contribution in [0.1, 0.15) is 44.6 Å². The Morgan fingerprint density at radius 2 is 1.71 bits per heavy atom. The molecule has 0 bridgehead atoms. The fourth-order valence-corrected chi connectivity index (χ4v) is 3.23. The van der Waals surface area contributed by atoms with Crippen LogP contribution in [0.25, 0.3) is 11.1 Å². The number of carbonyl (C=O) groups is 2. The largest absolute Gasteiger partial charge is 0.462 e. The summed E-state index contributed by atoms with van der Waals surface area (Å²) >= 11 is 0. The molecule has 0 aliphatic carbocycles. The topological polar surface area (TPSA) is 101 Å². The van der Waals surface area contributed by atoms with Crippen molar-refractivity contribution in [3.8, 4) is 11.1 Å². The molecule has 0 saturated carbocycles. The molecule has 3 aromatic rings. The average Bonchev–Trinajstić information content (AvgIpc) is 2.79. The van der Waals surface area contributed by atoms with Gasteiger partial charge >= 0.3 is 5.97 Å². The SMILES string of the molecule is CCOC(=O)c1c(C)nc(CO)c(C(=O)NN=Cc2ccccc2)c1-c1ccccc1. The molecule has 1 aromatic heterocycles. The van der Waals surface area contributed by atoms with E-state index in [1.165, 1.54) is 6.21 Å². The van der Waals surface area contributed by atoms with Crippen LogP contribution in [0.2, 0.25) is 0 Å². The Labute approximate surface area is 180 Å². The number of aliphatic hydroxyl groups excluding tert-OH is 1. The lowest BCUT2D eigenvalue weighted by atomic mass is 9.92. The number of nitrogens with one attached hydrogen (secondary N) is 1. The minimum atomic E-state index is -0.590. The average molecular weight is 417 g/mol. The number of benzene rings is 2. The predicted molar refractivity (Wildman–Crippen MR) is 118 cm³/mol. The summed E-state index contributed by atoms with van der Waals surface area (Å²) in [6.07, 6.45) is 1.51. The van der Waals surface area contributed by atoms with Crippen LogP contribution in [0.4, 0.5) is 0 Å². The second-order valence-corrected chi connectivity index (χ2v) is 6.62. The first-order chi connectivity index (χ1) is 15.1. The van der Waals surface area contributed by atoms with Gasteiger partial charge in [-0.15, -0.1) is 0 Å². The van der Waals surface area contributed by atoms with Gasteiger partial charge in [0, 0.05) is 5.56 Å². The molecule has 2 aromatic carbocycles. The lowest BCUT2D eigenvalue weighted by Crippen LogP contribution is -2.24. The molecule has 1 amide bonds. The monoisotopic (exact) mass is 417 g/mol. The zero-order valence-electron chi connectivity index (χ0n) is 17.3. The van der Waals surface area contributed by atoms with E-state index in [0.717, 1.165) is 5.56 Å². The van der Waals surface area contributed by atoms with Crippen LogP contribution in [-0.2, 0) is 11.3 Å². The van der Waals surface area contributed by atoms with Crippen LogP contribution >= 0.6 is 0 Å². The first kappa shape index (κ1) is 21.9. The standard InChI is InChI=1S/C24H23N3O4/c1-3-31-24(30)20-16(2)26-19(15-28)22(21(20)18-12-8-5-9-13-18)23(29)27-25-14-17-10-6-4-7-11-17/h4-14,28H,3,15H2,1-2H3,(H,27,29). The fourth-order valence-electron chi connectivity index (χ4n) is 3.23. The molecule has 0 aliphatic heterocycles. The van der Waals surface area contributed by atoms with Crippen LogP contribution in [-0.4, -0.2) is 34.8 Å². The summed E-state index contributed by atoms with van der Waals surface area (Å²) in [7, 11) is 0. The number of ether oxygens (including phenoxy) is 1. The lowest BCUT2D eigenvalue weighted by Gasteiger charge is -2.18. The number of esters is 1. The number of hydrogen-bond acceptors (Lipinski definition) is 6. The van der Waals surface area contributed by atoms with E-state index in [4.69, 9.17) is 4.74 Å². The summed E-state index contributed by atoms with van der Waals surface area (Å²) in [4.78, 5) is 30.2. The van der Waals surface area contributed by atoms with Crippen molar-refractivity contribution in [1.29, 1.82) is 0 Å². The van der Waals surface area contributed by atoms with Crippen molar-refractivity contribution >= 4 is 18.1 Å². The summed E-state index contributed by atoms with van der Waals surface area (Å²) in [5, 5.41) is 13.9. The number of pyridine rings is 1. The first-order valence-corrected chi connectivity index (χ1v) is 9.82. The third kappa shape index (κ3) is 5.02. The first-order valence-electron chi connectivity index (χ1n) is 9.82. The Bertz CT molecular complexity index is 1100. The third-order valence-electron chi connectivity index (χ3n) is 4.55. The summed E-state index contributed by atoms with van der Waals surface area (Å²) < 4.78 is 5.22. The number of nitrogens with zero attached hydrogens (tertiary/aromatic N) is 2. The van der Waals surface area contributed by atoms with Crippen LogP contribution in [0.3, 0.4) is 0 Å². The van der Waals surface area contributed by atoms with Crippen molar-refractivity contribution in [3.63, 3.8) is 0 Å². The van der Waals surface area contributed by atoms with Crippen molar-refractivity contribution in [2.45, 2.75) is 20.5 Å². The maximum Gasteiger partial charge on any atom is 0.340 e. The van der Waals surface area contributed by atoms with Gasteiger partial charge in [-0.05, 0) is 25.0 Å². The van der Waals surface area contributed by atoms with Gasteiger partial charge < -0.3 is 9.84 Å². The van der Waals surface area contributed by atoms with E-state index in [1.54, 1.807) is 38.1 Å². The number of aromatic nitrogens is 1. The smallest absolute Gasteiger partial charge is 0.340 e. The Kier molecular flexibility index (Phi) is 7.24. The number of aryl methyl sites for hydroxylation is 1. The molecule has 2 N–H and O–H groups in total. The van der Waals surface area contributed by atoms with Crippen LogP contribution < -0.4 is 5.43 Å². The van der Waals surface area contributed by atoms with E-state index in [9.17, 15) is 14.7 Å². The maximum absolute atomic E-state index is 13.1. The minimum absolute atomic E-state index is 0.0764. The van der Waals surface area contributed by atoms with Crippen molar-refractivity contribution < 1.29 is 19.4 Å². The molecule has 1 heterocycles. The normalized spacial score (nSPS) is 10.8. The zero-order valence-corrected chi connectivity index (χ0v) is 17.3. The summed E-state index contributed by atoms with van der Waals surface area (Å²) in [5.41, 5.74) is 5.04. The highest BCUT2D eigenvalue weighted by Gasteiger charge is 2.27. The molecular formula is C24H23N3O4. The Morgan fingerprint density at radius 3 is 2.32 bits per heavy atom. The highest BCUT2D eigenvalue weighted by Crippen LogP contribution is 2.32. The van der Waals surface area contributed by atoms with Gasteiger partial charge in [-0.3, -0.25) is 9.78 Å². The number of carbonyl (C=O) groups excluding carboxylic acids is 2. The van der Waals surface area contributed by atoms with Crippen molar-refractivity contribution in [1.82, 2.24) is 10.4 Å². The quantitative estimate of drug-likeness (QED) is 0.348. The minimum Gasteiger partial charge on any atom is -0.462 e. The number of hydrazone groups is 1. The lowest BCUT2D eigenvalue weighted by molar-refractivity contribution is 0.0525. The molecule has 7 nitrogen and oxygen atoms in total. The van der Waals surface area contributed by atoms with E-state index >= 15 is 0 Å². The molecule has 0 fully saturated rings. The van der Waals surface area contributed by atoms with E-state index < -0.39 is 18.5 Å². The molecule has 0 aliphatic rings. The zero-order chi connectivity index (χ0) is 22.2. The van der Waals surface area contributed by atoms with E-state index in [1.807, 2.05) is 36.4 Å². The van der Waals surface area contributed by atoms with Gasteiger partial charge in [0.15, 0.2) is 0 Å². The summed E-state index contributed by atoms with van der Waals surface area (Å²) in [6.45, 7) is 3.05. The molecule has 0 saturated heterocycles. The van der Waals surface area contributed by atoms with Crippen molar-refractivity contribution in [3.05, 3.63) is 88.7 Å². The van der Waals surface area contributed by atoms with Crippen LogP contribution in [0, 0.1) is 6.92 Å². The molecule has 0 spiro atoms. The number of rotatable bonds is 7. The van der Waals surface area contributed by atoms with Crippen LogP contribution in [0.15, 0.2) is 65.8 Å². The van der Waals surface area contributed by atoms with Crippen LogP contribution in [0.5, 0.6) is 0 Å². The highest BCUT2D eigenvalue weighted by atomic mass is 16.5. The van der Waals surface area contributed by atoms with Gasteiger partial charge in [-0.25, -0.2) is 10.2 Å². The fraction of sp³-hybridized carbons (Fsp3) is 0.167. The van der Waals surface area contributed by atoms with Gasteiger partial charge in [0.05, 0.1) is 41.9 Å². The molecule has 0 unspecified atom stereocenters. The number of hydrogen-bond donors (Lipinski definition) is 2. The van der Waals surface area contributed by atoms with Gasteiger partial charge in [0.25, 0.3) is 5.91 Å². The molecular weight excluding hydrogens is 394 g/mol. The maximum atomic E-state index is 13.1. The highest BCUT2D eigenvalue weighted by molar-refractivity contribution is 6.09.